The average molecular weight is 404 g/mol. The monoisotopic (exact) mass is 404 g/mol. The number of ether oxygens (including phenoxy) is 2. The first-order chi connectivity index (χ1) is 13.6. The summed E-state index contributed by atoms with van der Waals surface area (Å²) in [6, 6.07) is 5.67. The molecule has 2 amide bonds. The van der Waals surface area contributed by atoms with Gasteiger partial charge in [0, 0.05) is 31.8 Å². The normalized spacial score (nSPS) is 20.8. The smallest absolute Gasteiger partial charge is 0.231 e. The number of carbonyl (C=O) groups excluding carboxylic acids is 2. The summed E-state index contributed by atoms with van der Waals surface area (Å²) in [6.07, 6.45) is 0.125. The molecule has 0 radical (unpaired) electrons. The molecule has 2 aliphatic heterocycles. The number of anilines is 1. The molecule has 1 fully saturated rings. The lowest BCUT2D eigenvalue weighted by Crippen LogP contribution is -2.45. The van der Waals surface area contributed by atoms with Crippen molar-refractivity contribution >= 4 is 28.3 Å². The molecule has 0 saturated carbocycles. The van der Waals surface area contributed by atoms with Crippen LogP contribution in [0.25, 0.3) is 0 Å². The number of amides is 2. The van der Waals surface area contributed by atoms with E-state index >= 15 is 0 Å². The highest BCUT2D eigenvalue weighted by atomic mass is 32.1. The Morgan fingerprint density at radius 2 is 2.14 bits per heavy atom. The van der Waals surface area contributed by atoms with Gasteiger partial charge in [0.15, 0.2) is 11.5 Å². The maximum atomic E-state index is 12.4. The predicted octanol–water partition coefficient (Wildman–Crippen LogP) is 1.36. The summed E-state index contributed by atoms with van der Waals surface area (Å²) in [5.41, 5.74) is 2.49. The van der Waals surface area contributed by atoms with Crippen LogP contribution in [0.5, 0.6) is 11.5 Å². The topological polar surface area (TPSA) is 114 Å². The number of aromatic nitrogens is 2. The van der Waals surface area contributed by atoms with E-state index in [0.29, 0.717) is 29.6 Å². The van der Waals surface area contributed by atoms with Crippen LogP contribution in [0.4, 0.5) is 5.13 Å². The zero-order valence-electron chi connectivity index (χ0n) is 15.0. The van der Waals surface area contributed by atoms with Gasteiger partial charge < -0.3 is 24.8 Å². The fourth-order valence-corrected chi connectivity index (χ4v) is 3.94. The number of hydrogen-bond acceptors (Lipinski definition) is 8. The van der Waals surface area contributed by atoms with E-state index in [1.165, 1.54) is 16.8 Å². The highest BCUT2D eigenvalue weighted by Gasteiger charge is 2.32. The molecule has 3 heterocycles. The van der Waals surface area contributed by atoms with Crippen molar-refractivity contribution in [3.63, 3.8) is 0 Å². The van der Waals surface area contributed by atoms with Crippen molar-refractivity contribution in [1.29, 1.82) is 0 Å². The van der Waals surface area contributed by atoms with Crippen LogP contribution in [0, 0.1) is 0 Å². The number of fused-ring (bicyclic) bond motifs is 1. The van der Waals surface area contributed by atoms with Gasteiger partial charge in [0.25, 0.3) is 0 Å². The second kappa shape index (κ2) is 8.11. The number of carbonyl (C=O) groups is 2. The third-order valence-electron chi connectivity index (χ3n) is 4.93. The second-order valence-electron chi connectivity index (χ2n) is 6.71. The van der Waals surface area contributed by atoms with Gasteiger partial charge in [-0.15, -0.1) is 10.2 Å². The maximum absolute atomic E-state index is 12.4. The zero-order chi connectivity index (χ0) is 19.5. The number of hydrogen-bond donors (Lipinski definition) is 2. The van der Waals surface area contributed by atoms with Gasteiger partial charge in [-0.05, 0) is 24.1 Å². The van der Waals surface area contributed by atoms with Gasteiger partial charge in [-0.2, -0.15) is 0 Å². The van der Waals surface area contributed by atoms with Crippen molar-refractivity contribution < 1.29 is 24.2 Å². The number of aliphatic hydroxyl groups is 1. The van der Waals surface area contributed by atoms with Crippen LogP contribution in [0.3, 0.4) is 0 Å². The van der Waals surface area contributed by atoms with E-state index in [0.717, 1.165) is 5.56 Å². The summed E-state index contributed by atoms with van der Waals surface area (Å²) in [5, 5.41) is 21.0. The predicted molar refractivity (Wildman–Crippen MR) is 100 cm³/mol. The molecule has 1 saturated heterocycles. The van der Waals surface area contributed by atoms with E-state index in [1.54, 1.807) is 4.90 Å². The van der Waals surface area contributed by atoms with Crippen molar-refractivity contribution in [3.05, 3.63) is 29.3 Å². The van der Waals surface area contributed by atoms with Crippen LogP contribution in [0.2, 0.25) is 0 Å². The minimum absolute atomic E-state index is 0.0661. The first-order valence-electron chi connectivity index (χ1n) is 9.01. The van der Waals surface area contributed by atoms with E-state index in [4.69, 9.17) is 9.47 Å². The number of nitrogens with one attached hydrogen (secondary N) is 1. The summed E-state index contributed by atoms with van der Waals surface area (Å²) >= 11 is 1.22. The lowest BCUT2D eigenvalue weighted by Gasteiger charge is -2.36. The summed E-state index contributed by atoms with van der Waals surface area (Å²) in [6.45, 7) is 0.990. The van der Waals surface area contributed by atoms with E-state index in [-0.39, 0.29) is 43.9 Å². The van der Waals surface area contributed by atoms with Gasteiger partial charge in [-0.25, -0.2) is 0 Å². The average Bonchev–Trinajstić information content (AvgIpc) is 3.37. The van der Waals surface area contributed by atoms with Crippen LogP contribution in [-0.2, 0) is 9.59 Å². The van der Waals surface area contributed by atoms with Crippen molar-refractivity contribution in [1.82, 2.24) is 15.1 Å². The number of rotatable bonds is 5. The number of aliphatic hydroxyl groups excluding tert-OH is 1. The van der Waals surface area contributed by atoms with Crippen molar-refractivity contribution in [2.45, 2.75) is 31.3 Å². The SMILES string of the molecule is O=C(CCC(=O)N1CC[C@@H](c2ccc3c(c2)OCO3)[C@H](O)C1)Nc1nncs1. The van der Waals surface area contributed by atoms with Crippen molar-refractivity contribution in [3.8, 4) is 11.5 Å². The Kier molecular flexibility index (Phi) is 5.40. The molecule has 2 aromatic rings. The van der Waals surface area contributed by atoms with Gasteiger partial charge >= 0.3 is 0 Å². The fourth-order valence-electron chi connectivity index (χ4n) is 3.48. The minimum atomic E-state index is -0.673. The number of nitrogens with zero attached hydrogens (tertiary/aromatic N) is 3. The first-order valence-corrected chi connectivity index (χ1v) is 9.89. The van der Waals surface area contributed by atoms with Gasteiger partial charge in [0.05, 0.1) is 6.10 Å². The van der Waals surface area contributed by atoms with Crippen molar-refractivity contribution in [2.24, 2.45) is 0 Å². The van der Waals surface area contributed by atoms with Crippen LogP contribution in [-0.4, -0.2) is 58.0 Å². The standard InChI is InChI=1S/C18H20N4O5S/c23-13-8-22(17(25)4-3-16(24)20-18-21-19-9-28-18)6-5-12(13)11-1-2-14-15(7-11)27-10-26-14/h1-2,7,9,12-13,23H,3-6,8,10H2,(H,20,21,24)/t12-,13+/m0/s1. The van der Waals surface area contributed by atoms with Gasteiger partial charge in [-0.3, -0.25) is 9.59 Å². The van der Waals surface area contributed by atoms with Gasteiger partial charge in [0.2, 0.25) is 23.7 Å². The lowest BCUT2D eigenvalue weighted by atomic mass is 9.86. The third-order valence-corrected chi connectivity index (χ3v) is 5.54. The van der Waals surface area contributed by atoms with Crippen LogP contribution >= 0.6 is 11.3 Å². The Morgan fingerprint density at radius 3 is 2.93 bits per heavy atom. The Morgan fingerprint density at radius 1 is 1.29 bits per heavy atom. The summed E-state index contributed by atoms with van der Waals surface area (Å²) < 4.78 is 10.7. The van der Waals surface area contributed by atoms with E-state index in [1.807, 2.05) is 18.2 Å². The van der Waals surface area contributed by atoms with Gasteiger partial charge in [-0.1, -0.05) is 17.4 Å². The number of benzene rings is 1. The Bertz CT molecular complexity index is 860. The molecule has 2 N–H and O–H groups in total. The molecule has 2 atom stereocenters. The fraction of sp³-hybridized carbons (Fsp3) is 0.444. The second-order valence-corrected chi connectivity index (χ2v) is 7.54. The quantitative estimate of drug-likeness (QED) is 0.773. The summed E-state index contributed by atoms with van der Waals surface area (Å²) in [5.74, 6) is 0.901. The number of β-amino-alcohol motifs (C(OH)–C–C–N with tert-alkyl or cyclic N) is 1. The largest absolute Gasteiger partial charge is 0.454 e. The molecule has 2 aliphatic rings. The molecule has 0 bridgehead atoms. The molecule has 4 rings (SSSR count). The Hall–Kier alpha value is -2.72. The molecule has 9 nitrogen and oxygen atoms in total. The molecule has 0 aliphatic carbocycles. The van der Waals surface area contributed by atoms with Crippen LogP contribution in [0.15, 0.2) is 23.7 Å². The molecule has 0 spiro atoms. The zero-order valence-corrected chi connectivity index (χ0v) is 15.9. The molecule has 148 valence electrons. The number of likely N-dealkylation sites (tertiary alicyclic amines) is 1. The molecule has 0 unspecified atom stereocenters. The lowest BCUT2D eigenvalue weighted by molar-refractivity contribution is -0.136. The molecule has 10 heteroatoms. The summed E-state index contributed by atoms with van der Waals surface area (Å²) in [4.78, 5) is 25.9. The highest BCUT2D eigenvalue weighted by Crippen LogP contribution is 2.37. The molecular weight excluding hydrogens is 384 g/mol. The Balaban J connectivity index is 1.28. The molecule has 28 heavy (non-hydrogen) atoms. The molecular formula is C18H20N4O5S. The van der Waals surface area contributed by atoms with Crippen molar-refractivity contribution in [2.75, 3.05) is 25.2 Å². The van der Waals surface area contributed by atoms with Crippen LogP contribution < -0.4 is 14.8 Å². The molecule has 1 aromatic carbocycles. The highest BCUT2D eigenvalue weighted by molar-refractivity contribution is 7.13. The number of piperidine rings is 1. The Labute approximate surface area is 165 Å². The third kappa shape index (κ3) is 4.07. The summed E-state index contributed by atoms with van der Waals surface area (Å²) in [7, 11) is 0. The van der Waals surface area contributed by atoms with E-state index in [2.05, 4.69) is 15.5 Å². The van der Waals surface area contributed by atoms with E-state index < -0.39 is 6.10 Å². The van der Waals surface area contributed by atoms with E-state index in [9.17, 15) is 14.7 Å². The van der Waals surface area contributed by atoms with Gasteiger partial charge in [0.1, 0.15) is 5.51 Å². The maximum Gasteiger partial charge on any atom is 0.231 e. The first kappa shape index (κ1) is 18.6. The minimum Gasteiger partial charge on any atom is -0.454 e. The van der Waals surface area contributed by atoms with Crippen LogP contribution in [0.1, 0.15) is 30.7 Å². The molecule has 1 aromatic heterocycles.